The molecule has 3 heterocycles. The van der Waals surface area contributed by atoms with E-state index in [4.69, 9.17) is 0 Å². The second kappa shape index (κ2) is 17.7. The molecular formula is C63H55BN2S. The predicted octanol–water partition coefficient (Wildman–Crippen LogP) is 16.1. The normalized spacial score (nSPS) is 12.2. The molecule has 0 atom stereocenters. The molecule has 0 bridgehead atoms. The highest BCUT2D eigenvalue weighted by Crippen LogP contribution is 2.48. The van der Waals surface area contributed by atoms with Crippen molar-refractivity contribution >= 4 is 93.7 Å². The fraction of sp³-hybridized carbons (Fsp3) is 0.175. The SMILES string of the molecule is CCCCCc1ccc(Nc2cc3c(cc2-c2cc(C(c4ccccc4)c4ccccc4)c4c5ccccc5n5c4c2Bc2cc(CCCCC)ccc2-5)sc2ccc4ccccc4c23)cc1. The predicted molar refractivity (Wildman–Crippen MR) is 293 cm³/mol. The summed E-state index contributed by atoms with van der Waals surface area (Å²) in [5.41, 5.74) is 18.3. The van der Waals surface area contributed by atoms with Gasteiger partial charge in [-0.15, -0.1) is 11.3 Å². The average molecular weight is 883 g/mol. The third-order valence-corrected chi connectivity index (χ3v) is 15.7. The van der Waals surface area contributed by atoms with Crippen molar-refractivity contribution in [1.29, 1.82) is 0 Å². The number of anilines is 2. The molecule has 11 aromatic rings. The Hall–Kier alpha value is -6.88. The average Bonchev–Trinajstić information content (AvgIpc) is 3.92. The number of fused-ring (bicyclic) bond motifs is 10. The van der Waals surface area contributed by atoms with Crippen molar-refractivity contribution in [1.82, 2.24) is 4.57 Å². The number of hydrogen-bond donors (Lipinski definition) is 1. The van der Waals surface area contributed by atoms with Crippen molar-refractivity contribution in [2.45, 2.75) is 71.1 Å². The lowest BCUT2D eigenvalue weighted by Gasteiger charge is -2.28. The molecule has 2 nitrogen and oxygen atoms in total. The number of nitrogens with one attached hydrogen (secondary N) is 1. The molecule has 67 heavy (non-hydrogen) atoms. The Morgan fingerprint density at radius 1 is 0.537 bits per heavy atom. The third-order valence-electron chi connectivity index (χ3n) is 14.6. The molecule has 9 aromatic carbocycles. The number of nitrogens with zero attached hydrogens (tertiary/aromatic N) is 1. The van der Waals surface area contributed by atoms with Crippen LogP contribution in [0.2, 0.25) is 0 Å². The van der Waals surface area contributed by atoms with Crippen molar-refractivity contribution in [3.63, 3.8) is 0 Å². The molecule has 0 saturated carbocycles. The highest BCUT2D eigenvalue weighted by Gasteiger charge is 2.32. The maximum absolute atomic E-state index is 4.09. The van der Waals surface area contributed by atoms with Gasteiger partial charge in [-0.05, 0) is 124 Å². The van der Waals surface area contributed by atoms with Gasteiger partial charge in [0, 0.05) is 65.0 Å². The van der Waals surface area contributed by atoms with E-state index in [2.05, 4.69) is 206 Å². The molecule has 0 radical (unpaired) electrons. The Bertz CT molecular complexity index is 3560. The zero-order valence-electron chi connectivity index (χ0n) is 38.6. The van der Waals surface area contributed by atoms with Gasteiger partial charge in [0.05, 0.1) is 5.52 Å². The van der Waals surface area contributed by atoms with Gasteiger partial charge in [0.25, 0.3) is 0 Å². The lowest BCUT2D eigenvalue weighted by Crippen LogP contribution is -2.38. The number of benzene rings is 9. The Kier molecular flexibility index (Phi) is 11.0. The van der Waals surface area contributed by atoms with Crippen molar-refractivity contribution in [2.24, 2.45) is 0 Å². The quantitative estimate of drug-likeness (QED) is 0.0654. The first-order valence-electron chi connectivity index (χ1n) is 24.7. The van der Waals surface area contributed by atoms with E-state index in [0.717, 1.165) is 31.5 Å². The number of aromatic nitrogens is 1. The number of aryl methyl sites for hydroxylation is 2. The Balaban J connectivity index is 1.17. The lowest BCUT2D eigenvalue weighted by atomic mass is 9.58. The number of para-hydroxylation sites is 1. The molecule has 4 heteroatoms. The fourth-order valence-electron chi connectivity index (χ4n) is 11.3. The monoisotopic (exact) mass is 882 g/mol. The molecule has 12 rings (SSSR count). The Morgan fingerprint density at radius 3 is 1.96 bits per heavy atom. The van der Waals surface area contributed by atoms with E-state index in [1.54, 1.807) is 0 Å². The number of unbranched alkanes of at least 4 members (excludes halogenated alkanes) is 4. The van der Waals surface area contributed by atoms with Crippen LogP contribution in [0.25, 0.3) is 69.6 Å². The van der Waals surface area contributed by atoms with Crippen LogP contribution in [-0.4, -0.2) is 11.8 Å². The van der Waals surface area contributed by atoms with Crippen LogP contribution in [0, 0.1) is 0 Å². The van der Waals surface area contributed by atoms with Gasteiger partial charge in [-0.1, -0.05) is 178 Å². The molecule has 326 valence electrons. The van der Waals surface area contributed by atoms with Crippen LogP contribution in [0.3, 0.4) is 0 Å². The molecule has 0 saturated heterocycles. The summed E-state index contributed by atoms with van der Waals surface area (Å²) in [6.45, 7) is 4.58. The highest BCUT2D eigenvalue weighted by molar-refractivity contribution is 7.26. The van der Waals surface area contributed by atoms with E-state index in [1.807, 2.05) is 11.3 Å². The van der Waals surface area contributed by atoms with Gasteiger partial charge in [0.1, 0.15) is 0 Å². The number of hydrogen-bond acceptors (Lipinski definition) is 2. The molecule has 2 aromatic heterocycles. The highest BCUT2D eigenvalue weighted by atomic mass is 32.1. The molecule has 1 aliphatic heterocycles. The summed E-state index contributed by atoms with van der Waals surface area (Å²) in [6, 6.07) is 69.3. The van der Waals surface area contributed by atoms with Gasteiger partial charge in [0.2, 0.25) is 0 Å². The van der Waals surface area contributed by atoms with Crippen LogP contribution in [0.4, 0.5) is 11.4 Å². The minimum atomic E-state index is 0.00729. The summed E-state index contributed by atoms with van der Waals surface area (Å²) in [4.78, 5) is 0. The summed E-state index contributed by atoms with van der Waals surface area (Å²) >= 11 is 1.92. The number of thiophene rings is 1. The van der Waals surface area contributed by atoms with Crippen molar-refractivity contribution in [2.75, 3.05) is 5.32 Å². The first-order valence-corrected chi connectivity index (χ1v) is 25.5. The Morgan fingerprint density at radius 2 is 1.21 bits per heavy atom. The van der Waals surface area contributed by atoms with Crippen LogP contribution in [0.5, 0.6) is 0 Å². The van der Waals surface area contributed by atoms with Gasteiger partial charge in [0.15, 0.2) is 7.28 Å². The largest absolute Gasteiger partial charge is 0.355 e. The van der Waals surface area contributed by atoms with Crippen LogP contribution < -0.4 is 16.2 Å². The zero-order chi connectivity index (χ0) is 44.8. The smallest absolute Gasteiger partial charge is 0.198 e. The van der Waals surface area contributed by atoms with E-state index in [0.29, 0.717) is 0 Å². The summed E-state index contributed by atoms with van der Waals surface area (Å²) in [5.74, 6) is 0.00729. The molecule has 0 amide bonds. The molecule has 0 unspecified atom stereocenters. The van der Waals surface area contributed by atoms with Gasteiger partial charge in [-0.3, -0.25) is 0 Å². The van der Waals surface area contributed by atoms with E-state index in [1.165, 1.54) is 147 Å². The van der Waals surface area contributed by atoms with Gasteiger partial charge < -0.3 is 9.88 Å². The fourth-order valence-corrected chi connectivity index (χ4v) is 12.5. The summed E-state index contributed by atoms with van der Waals surface area (Å²) in [5, 5.41) is 12.0. The maximum Gasteiger partial charge on any atom is 0.198 e. The van der Waals surface area contributed by atoms with Crippen LogP contribution in [0.1, 0.15) is 86.1 Å². The minimum Gasteiger partial charge on any atom is -0.355 e. The summed E-state index contributed by atoms with van der Waals surface area (Å²) in [7, 11) is 0.863. The lowest BCUT2D eigenvalue weighted by molar-refractivity contribution is 0.717. The van der Waals surface area contributed by atoms with Crippen LogP contribution in [-0.2, 0) is 12.8 Å². The topological polar surface area (TPSA) is 17.0 Å². The molecular weight excluding hydrogens is 828 g/mol. The summed E-state index contributed by atoms with van der Waals surface area (Å²) < 4.78 is 5.26. The Labute approximate surface area is 399 Å². The number of rotatable bonds is 14. The van der Waals surface area contributed by atoms with E-state index < -0.39 is 0 Å². The molecule has 1 aliphatic rings. The standard InChI is InChI=1S/C63H55BN2S/c1-3-5-9-19-41-29-33-46(34-30-41)65-54-39-51-58(67-57-36-32-43-21-15-16-26-47(43)60(51)57)40-49(54)50-38-52(59(44-22-11-7-12-23-44)45-24-13-8-14-25-45)61-48-27-17-18-28-55(48)66-56-35-31-42(20-10-6-4-2)37-53(56)64-62(50)63(61)66/h7-8,11-18,21-40,59,64-65H,3-6,9-10,19-20H2,1-2H3. The van der Waals surface area contributed by atoms with Gasteiger partial charge in [-0.2, -0.15) is 0 Å². The van der Waals surface area contributed by atoms with Crippen molar-refractivity contribution in [3.05, 3.63) is 210 Å². The van der Waals surface area contributed by atoms with Crippen LogP contribution >= 0.6 is 11.3 Å². The molecule has 1 N–H and O–H groups in total. The molecule has 0 fully saturated rings. The van der Waals surface area contributed by atoms with Crippen molar-refractivity contribution in [3.8, 4) is 16.8 Å². The minimum absolute atomic E-state index is 0.00729. The van der Waals surface area contributed by atoms with Gasteiger partial charge in [-0.25, -0.2) is 0 Å². The van der Waals surface area contributed by atoms with Crippen LogP contribution in [0.15, 0.2) is 182 Å². The van der Waals surface area contributed by atoms with E-state index >= 15 is 0 Å². The molecule has 0 spiro atoms. The first kappa shape index (κ1) is 41.5. The molecule has 0 aliphatic carbocycles. The van der Waals surface area contributed by atoms with Gasteiger partial charge >= 0.3 is 0 Å². The second-order valence-corrected chi connectivity index (χ2v) is 19.9. The first-order chi connectivity index (χ1) is 33.1. The zero-order valence-corrected chi connectivity index (χ0v) is 39.4. The third kappa shape index (κ3) is 7.43. The second-order valence-electron chi connectivity index (χ2n) is 18.9. The maximum atomic E-state index is 4.09. The van der Waals surface area contributed by atoms with Crippen molar-refractivity contribution < 1.29 is 0 Å². The summed E-state index contributed by atoms with van der Waals surface area (Å²) in [6.07, 6.45) is 9.65. The van der Waals surface area contributed by atoms with E-state index in [-0.39, 0.29) is 5.92 Å². The van der Waals surface area contributed by atoms with E-state index in [9.17, 15) is 0 Å².